The molecule has 38 heavy (non-hydrogen) atoms. The minimum atomic E-state index is -0.802. The van der Waals surface area contributed by atoms with Crippen molar-refractivity contribution in [2.45, 2.75) is 90.6 Å². The van der Waals surface area contributed by atoms with Crippen LogP contribution in [0.5, 0.6) is 5.75 Å². The average molecular weight is 525 g/mol. The molecule has 208 valence electrons. The second kappa shape index (κ2) is 14.3. The van der Waals surface area contributed by atoms with Gasteiger partial charge in [0.2, 0.25) is 5.91 Å². The summed E-state index contributed by atoms with van der Waals surface area (Å²) in [5.41, 5.74) is 1.34. The van der Waals surface area contributed by atoms with Gasteiger partial charge in [-0.15, -0.1) is 0 Å². The highest BCUT2D eigenvalue weighted by atomic mass is 16.6. The molecule has 1 heterocycles. The SMILES string of the molecule is CC(C)C[C@H](NC1CCOCC1)C(=O)N[C@@H](Cc1ccc(OCc2ccccc2)cc1)C(=O)OC(C)(C)C. The number of benzene rings is 2. The van der Waals surface area contributed by atoms with E-state index in [4.69, 9.17) is 14.2 Å². The summed E-state index contributed by atoms with van der Waals surface area (Å²) in [6.45, 7) is 11.6. The lowest BCUT2D eigenvalue weighted by Gasteiger charge is -2.30. The van der Waals surface area contributed by atoms with Crippen LogP contribution in [0.1, 0.15) is 65.0 Å². The van der Waals surface area contributed by atoms with E-state index in [0.717, 1.165) is 29.7 Å². The summed E-state index contributed by atoms with van der Waals surface area (Å²) in [5, 5.41) is 6.52. The predicted octanol–water partition coefficient (Wildman–Crippen LogP) is 4.82. The molecule has 1 amide bonds. The first-order valence-electron chi connectivity index (χ1n) is 13.7. The Labute approximate surface area is 227 Å². The molecular formula is C31H44N2O5. The van der Waals surface area contributed by atoms with Crippen molar-refractivity contribution in [2.24, 2.45) is 5.92 Å². The van der Waals surface area contributed by atoms with Crippen LogP contribution in [0.15, 0.2) is 54.6 Å². The molecule has 1 aliphatic heterocycles. The Hall–Kier alpha value is -2.90. The quantitative estimate of drug-likeness (QED) is 0.387. The molecule has 0 radical (unpaired) electrons. The maximum absolute atomic E-state index is 13.5. The number of nitrogens with one attached hydrogen (secondary N) is 2. The van der Waals surface area contributed by atoms with Crippen molar-refractivity contribution in [3.63, 3.8) is 0 Å². The van der Waals surface area contributed by atoms with Crippen molar-refractivity contribution in [3.05, 3.63) is 65.7 Å². The zero-order valence-electron chi connectivity index (χ0n) is 23.5. The van der Waals surface area contributed by atoms with E-state index in [1.165, 1.54) is 0 Å². The molecule has 3 rings (SSSR count). The average Bonchev–Trinajstić information content (AvgIpc) is 2.87. The minimum absolute atomic E-state index is 0.177. The molecule has 0 unspecified atom stereocenters. The highest BCUT2D eigenvalue weighted by Gasteiger charge is 2.31. The lowest BCUT2D eigenvalue weighted by Crippen LogP contribution is -2.55. The molecule has 0 saturated carbocycles. The van der Waals surface area contributed by atoms with Crippen LogP contribution in [0.2, 0.25) is 0 Å². The third-order valence-corrected chi connectivity index (χ3v) is 6.30. The largest absolute Gasteiger partial charge is 0.489 e. The van der Waals surface area contributed by atoms with E-state index < -0.39 is 23.7 Å². The fourth-order valence-corrected chi connectivity index (χ4v) is 4.41. The van der Waals surface area contributed by atoms with E-state index in [2.05, 4.69) is 24.5 Å². The van der Waals surface area contributed by atoms with Crippen molar-refractivity contribution < 1.29 is 23.8 Å². The van der Waals surface area contributed by atoms with Crippen LogP contribution in [0.4, 0.5) is 0 Å². The van der Waals surface area contributed by atoms with Crippen molar-refractivity contribution in [3.8, 4) is 5.75 Å². The van der Waals surface area contributed by atoms with Crippen molar-refractivity contribution >= 4 is 11.9 Å². The van der Waals surface area contributed by atoms with Gasteiger partial charge in [-0.05, 0) is 69.2 Å². The third-order valence-electron chi connectivity index (χ3n) is 6.30. The molecule has 7 nitrogen and oxygen atoms in total. The maximum atomic E-state index is 13.5. The summed E-state index contributed by atoms with van der Waals surface area (Å²) in [5.74, 6) is 0.447. The Kier molecular flexibility index (Phi) is 11.2. The standard InChI is InChI=1S/C31H44N2O5/c1-22(2)19-27(32-25-15-17-36-18-16-25)29(34)33-28(30(35)38-31(3,4)5)20-23-11-13-26(14-12-23)37-21-24-9-7-6-8-10-24/h6-14,22,25,27-28,32H,15-21H2,1-5H3,(H,33,34)/t27-,28-/m0/s1. The molecular weight excluding hydrogens is 480 g/mol. The lowest BCUT2D eigenvalue weighted by molar-refractivity contribution is -0.158. The van der Waals surface area contributed by atoms with Gasteiger partial charge in [-0.2, -0.15) is 0 Å². The molecule has 1 fully saturated rings. The Morgan fingerprint density at radius 2 is 1.61 bits per heavy atom. The van der Waals surface area contributed by atoms with E-state index in [0.29, 0.717) is 38.6 Å². The Balaban J connectivity index is 1.68. The summed E-state index contributed by atoms with van der Waals surface area (Å²) < 4.78 is 17.0. The van der Waals surface area contributed by atoms with E-state index in [9.17, 15) is 9.59 Å². The number of ether oxygens (including phenoxy) is 3. The van der Waals surface area contributed by atoms with Gasteiger partial charge in [-0.3, -0.25) is 4.79 Å². The second-order valence-corrected chi connectivity index (χ2v) is 11.5. The summed E-state index contributed by atoms with van der Waals surface area (Å²) in [6, 6.07) is 16.6. The molecule has 2 aromatic rings. The van der Waals surface area contributed by atoms with Crippen molar-refractivity contribution in [1.29, 1.82) is 0 Å². The van der Waals surface area contributed by atoms with Gasteiger partial charge < -0.3 is 24.8 Å². The topological polar surface area (TPSA) is 85.9 Å². The summed E-state index contributed by atoms with van der Waals surface area (Å²) in [7, 11) is 0. The molecule has 0 spiro atoms. The van der Waals surface area contributed by atoms with Crippen molar-refractivity contribution in [2.75, 3.05) is 13.2 Å². The molecule has 2 atom stereocenters. The number of amides is 1. The smallest absolute Gasteiger partial charge is 0.329 e. The first-order chi connectivity index (χ1) is 18.1. The van der Waals surface area contributed by atoms with Crippen LogP contribution in [0.3, 0.4) is 0 Å². The van der Waals surface area contributed by atoms with Gasteiger partial charge >= 0.3 is 5.97 Å². The first kappa shape index (κ1) is 29.7. The van der Waals surface area contributed by atoms with Crippen LogP contribution < -0.4 is 15.4 Å². The third kappa shape index (κ3) is 10.5. The molecule has 2 N–H and O–H groups in total. The number of hydrogen-bond donors (Lipinski definition) is 2. The van der Waals surface area contributed by atoms with Crippen LogP contribution in [0, 0.1) is 5.92 Å². The maximum Gasteiger partial charge on any atom is 0.329 e. The van der Waals surface area contributed by atoms with Crippen LogP contribution >= 0.6 is 0 Å². The van der Waals surface area contributed by atoms with Crippen LogP contribution in [-0.2, 0) is 32.1 Å². The molecule has 1 saturated heterocycles. The second-order valence-electron chi connectivity index (χ2n) is 11.5. The zero-order valence-corrected chi connectivity index (χ0v) is 23.5. The number of carbonyl (C=O) groups excluding carboxylic acids is 2. The van der Waals surface area contributed by atoms with Gasteiger partial charge in [0.15, 0.2) is 0 Å². The molecule has 1 aliphatic rings. The van der Waals surface area contributed by atoms with Gasteiger partial charge in [-0.25, -0.2) is 4.79 Å². The summed E-state index contributed by atoms with van der Waals surface area (Å²) in [4.78, 5) is 26.6. The normalized spacial score (nSPS) is 16.1. The molecule has 7 heteroatoms. The summed E-state index contributed by atoms with van der Waals surface area (Å²) >= 11 is 0. The Bertz CT molecular complexity index is 995. The lowest BCUT2D eigenvalue weighted by atomic mass is 9.99. The van der Waals surface area contributed by atoms with Gasteiger partial charge in [0, 0.05) is 25.7 Å². The number of esters is 1. The molecule has 2 aromatic carbocycles. The van der Waals surface area contributed by atoms with Crippen LogP contribution in [-0.4, -0.2) is 48.8 Å². The summed E-state index contributed by atoms with van der Waals surface area (Å²) in [6.07, 6.45) is 2.75. The Morgan fingerprint density at radius 3 is 2.21 bits per heavy atom. The molecule has 0 aliphatic carbocycles. The zero-order chi connectivity index (χ0) is 27.5. The van der Waals surface area contributed by atoms with Crippen LogP contribution in [0.25, 0.3) is 0 Å². The van der Waals surface area contributed by atoms with E-state index >= 15 is 0 Å². The fourth-order valence-electron chi connectivity index (χ4n) is 4.41. The fraction of sp³-hybridized carbons (Fsp3) is 0.548. The van der Waals surface area contributed by atoms with Gasteiger partial charge in [0.1, 0.15) is 24.0 Å². The van der Waals surface area contributed by atoms with Crippen molar-refractivity contribution in [1.82, 2.24) is 10.6 Å². The van der Waals surface area contributed by atoms with Gasteiger partial charge in [-0.1, -0.05) is 56.3 Å². The monoisotopic (exact) mass is 524 g/mol. The minimum Gasteiger partial charge on any atom is -0.489 e. The number of carbonyl (C=O) groups is 2. The van der Waals surface area contributed by atoms with Gasteiger partial charge in [0.05, 0.1) is 6.04 Å². The highest BCUT2D eigenvalue weighted by molar-refractivity contribution is 5.88. The highest BCUT2D eigenvalue weighted by Crippen LogP contribution is 2.18. The van der Waals surface area contributed by atoms with E-state index in [1.807, 2.05) is 75.4 Å². The molecule has 0 bridgehead atoms. The number of hydrogen-bond acceptors (Lipinski definition) is 6. The Morgan fingerprint density at radius 1 is 0.947 bits per heavy atom. The number of rotatable bonds is 12. The van der Waals surface area contributed by atoms with E-state index in [1.54, 1.807) is 0 Å². The predicted molar refractivity (Wildman–Crippen MR) is 149 cm³/mol. The van der Waals surface area contributed by atoms with E-state index in [-0.39, 0.29) is 11.9 Å². The molecule has 0 aromatic heterocycles. The first-order valence-corrected chi connectivity index (χ1v) is 13.7. The van der Waals surface area contributed by atoms with Gasteiger partial charge in [0.25, 0.3) is 0 Å².